The third-order valence-electron chi connectivity index (χ3n) is 5.67. The number of carbonyl (C=O) groups is 1. The van der Waals surface area contributed by atoms with Crippen LogP contribution >= 0.6 is 12.4 Å². The smallest absolute Gasteiger partial charge is 0.335 e. The molecule has 0 saturated heterocycles. The molecule has 1 aliphatic heterocycles. The first-order chi connectivity index (χ1) is 13.1. The number of methoxy groups -OCH3 is 2. The number of nitrogens with zero attached hydrogens (tertiary/aromatic N) is 1. The number of rotatable bonds is 4. The van der Waals surface area contributed by atoms with Crippen molar-refractivity contribution in [1.82, 2.24) is 0 Å². The predicted octanol–water partition coefficient (Wildman–Crippen LogP) is 4.32. The van der Waals surface area contributed by atoms with Crippen molar-refractivity contribution < 1.29 is 19.4 Å². The van der Waals surface area contributed by atoms with E-state index in [-0.39, 0.29) is 30.1 Å². The second kappa shape index (κ2) is 8.33. The number of hydrogen-bond donors (Lipinski definition) is 1. The highest BCUT2D eigenvalue weighted by molar-refractivity contribution is 6.15. The summed E-state index contributed by atoms with van der Waals surface area (Å²) in [6.07, 6.45) is 3.23. The molecule has 1 saturated carbocycles. The van der Waals surface area contributed by atoms with Crippen molar-refractivity contribution >= 4 is 24.1 Å². The minimum Gasteiger partial charge on any atom is -0.497 e. The van der Waals surface area contributed by atoms with Crippen molar-refractivity contribution in [2.75, 3.05) is 14.2 Å². The van der Waals surface area contributed by atoms with E-state index in [0.29, 0.717) is 5.92 Å². The summed E-state index contributed by atoms with van der Waals surface area (Å²) in [5.74, 6) is 0.182. The number of benzene rings is 2. The largest absolute Gasteiger partial charge is 0.497 e. The molecular formula is C22H24ClNO4. The van der Waals surface area contributed by atoms with Gasteiger partial charge in [0.2, 0.25) is 0 Å². The van der Waals surface area contributed by atoms with E-state index < -0.39 is 5.97 Å². The molecule has 2 aromatic rings. The van der Waals surface area contributed by atoms with Gasteiger partial charge in [0.1, 0.15) is 5.75 Å². The molecule has 3 atom stereocenters. The van der Waals surface area contributed by atoms with Crippen LogP contribution in [0.25, 0.3) is 0 Å². The van der Waals surface area contributed by atoms with Crippen molar-refractivity contribution in [2.24, 2.45) is 4.99 Å². The first-order valence-corrected chi connectivity index (χ1v) is 9.25. The normalized spacial score (nSPS) is 22.9. The van der Waals surface area contributed by atoms with Crippen molar-refractivity contribution in [3.8, 4) is 5.75 Å². The summed E-state index contributed by atoms with van der Waals surface area (Å²) in [5.41, 5.74) is 4.18. The Hall–Kier alpha value is -2.37. The minimum atomic E-state index is -0.937. The van der Waals surface area contributed by atoms with Crippen molar-refractivity contribution in [2.45, 2.75) is 37.3 Å². The molecule has 6 heteroatoms. The quantitative estimate of drug-likeness (QED) is 0.828. The maximum atomic E-state index is 11.4. The Morgan fingerprint density at radius 2 is 1.96 bits per heavy atom. The van der Waals surface area contributed by atoms with E-state index in [4.69, 9.17) is 14.5 Å². The lowest BCUT2D eigenvalue weighted by Crippen LogP contribution is -2.40. The van der Waals surface area contributed by atoms with Crippen molar-refractivity contribution in [3.05, 3.63) is 64.7 Å². The van der Waals surface area contributed by atoms with Gasteiger partial charge < -0.3 is 14.6 Å². The van der Waals surface area contributed by atoms with Gasteiger partial charge in [-0.25, -0.2) is 4.79 Å². The van der Waals surface area contributed by atoms with Crippen LogP contribution in [0.1, 0.15) is 52.2 Å². The molecule has 1 unspecified atom stereocenters. The summed E-state index contributed by atoms with van der Waals surface area (Å²) in [6.45, 7) is 0. The summed E-state index contributed by atoms with van der Waals surface area (Å²) in [5, 5.41) is 9.36. The molecule has 0 bridgehead atoms. The molecule has 5 nitrogen and oxygen atoms in total. The molecule has 2 aliphatic rings. The Morgan fingerprint density at radius 3 is 2.68 bits per heavy atom. The minimum absolute atomic E-state index is 0. The monoisotopic (exact) mass is 401 g/mol. The van der Waals surface area contributed by atoms with Gasteiger partial charge in [-0.05, 0) is 48.7 Å². The number of hydrogen-bond acceptors (Lipinski definition) is 4. The molecule has 1 aliphatic carbocycles. The molecule has 0 radical (unpaired) electrons. The van der Waals surface area contributed by atoms with Gasteiger partial charge in [0.25, 0.3) is 0 Å². The second-order valence-corrected chi connectivity index (χ2v) is 7.12. The Labute approximate surface area is 170 Å². The average Bonchev–Trinajstić information content (AvgIpc) is 2.72. The van der Waals surface area contributed by atoms with Crippen LogP contribution in [-0.4, -0.2) is 43.2 Å². The summed E-state index contributed by atoms with van der Waals surface area (Å²) >= 11 is 0. The van der Waals surface area contributed by atoms with Crippen molar-refractivity contribution in [3.63, 3.8) is 0 Å². The van der Waals surface area contributed by atoms with Gasteiger partial charge in [-0.15, -0.1) is 12.4 Å². The maximum absolute atomic E-state index is 11.4. The van der Waals surface area contributed by atoms with Gasteiger partial charge >= 0.3 is 5.97 Å². The van der Waals surface area contributed by atoms with E-state index in [2.05, 4.69) is 6.07 Å². The van der Waals surface area contributed by atoms with E-state index >= 15 is 0 Å². The maximum Gasteiger partial charge on any atom is 0.335 e. The van der Waals surface area contributed by atoms with Gasteiger partial charge in [0.15, 0.2) is 0 Å². The molecule has 0 aromatic heterocycles. The SMILES string of the molecule is COc1ccc2c(c1)[C@H]1CCCC(OC)[C@@H]1N=C2c1cccc(C(=O)O)c1.Cl. The molecule has 148 valence electrons. The van der Waals surface area contributed by atoms with Crippen LogP contribution in [0.15, 0.2) is 47.5 Å². The molecule has 1 heterocycles. The summed E-state index contributed by atoms with van der Waals surface area (Å²) in [6, 6.07) is 13.1. The Balaban J connectivity index is 0.00000225. The van der Waals surface area contributed by atoms with Crippen LogP contribution in [0.5, 0.6) is 5.75 Å². The molecule has 1 fully saturated rings. The fourth-order valence-corrected chi connectivity index (χ4v) is 4.35. The van der Waals surface area contributed by atoms with Gasteiger partial charge in [-0.1, -0.05) is 18.6 Å². The lowest BCUT2D eigenvalue weighted by Gasteiger charge is -2.39. The fraction of sp³-hybridized carbons (Fsp3) is 0.364. The fourth-order valence-electron chi connectivity index (χ4n) is 4.35. The molecule has 2 aromatic carbocycles. The number of halogens is 1. The number of aromatic carboxylic acids is 1. The highest BCUT2D eigenvalue weighted by Crippen LogP contribution is 2.43. The Morgan fingerprint density at radius 1 is 1.14 bits per heavy atom. The zero-order valence-corrected chi connectivity index (χ0v) is 16.7. The van der Waals surface area contributed by atoms with E-state index in [1.807, 2.05) is 18.2 Å². The summed E-state index contributed by atoms with van der Waals surface area (Å²) in [4.78, 5) is 16.5. The number of aliphatic imine (C=N–C) groups is 1. The van der Waals surface area contributed by atoms with Crippen LogP contribution < -0.4 is 4.74 Å². The zero-order valence-electron chi connectivity index (χ0n) is 15.9. The highest BCUT2D eigenvalue weighted by atomic mass is 35.5. The molecule has 4 rings (SSSR count). The molecule has 0 amide bonds. The first-order valence-electron chi connectivity index (χ1n) is 9.25. The third kappa shape index (κ3) is 3.52. The van der Waals surface area contributed by atoms with Crippen LogP contribution in [-0.2, 0) is 4.74 Å². The highest BCUT2D eigenvalue weighted by Gasteiger charge is 2.39. The van der Waals surface area contributed by atoms with Crippen molar-refractivity contribution in [1.29, 1.82) is 0 Å². The number of carboxylic acid groups (broad SMARTS) is 1. The van der Waals surface area contributed by atoms with Gasteiger partial charge in [-0.3, -0.25) is 4.99 Å². The van der Waals surface area contributed by atoms with E-state index in [1.54, 1.807) is 32.4 Å². The summed E-state index contributed by atoms with van der Waals surface area (Å²) in [7, 11) is 3.42. The topological polar surface area (TPSA) is 68.1 Å². The third-order valence-corrected chi connectivity index (χ3v) is 5.67. The molecule has 1 N–H and O–H groups in total. The summed E-state index contributed by atoms with van der Waals surface area (Å²) < 4.78 is 11.2. The van der Waals surface area contributed by atoms with Gasteiger partial charge in [0.05, 0.1) is 30.5 Å². The average molecular weight is 402 g/mol. The number of ether oxygens (including phenoxy) is 2. The Kier molecular flexibility index (Phi) is 6.06. The standard InChI is InChI=1S/C22H23NO4.ClH/c1-26-15-9-10-17-18(12-15)16-7-4-8-19(27-2)21(16)23-20(17)13-5-3-6-14(11-13)22(24)25;/h3,5-6,9-12,16,19,21H,4,7-8H2,1-2H3,(H,24,25);1H/t16-,19?,21-;/m1./s1. The first kappa shape index (κ1) is 20.4. The van der Waals surface area contributed by atoms with E-state index in [1.165, 1.54) is 5.56 Å². The van der Waals surface area contributed by atoms with Gasteiger partial charge in [0, 0.05) is 24.2 Å². The van der Waals surface area contributed by atoms with Crippen LogP contribution in [0.3, 0.4) is 0 Å². The second-order valence-electron chi connectivity index (χ2n) is 7.12. The number of carboxylic acids is 1. The lowest BCUT2D eigenvalue weighted by molar-refractivity contribution is 0.0461. The number of fused-ring (bicyclic) bond motifs is 3. The Bertz CT molecular complexity index is 911. The van der Waals surface area contributed by atoms with E-state index in [9.17, 15) is 9.90 Å². The van der Waals surface area contributed by atoms with E-state index in [0.717, 1.165) is 41.9 Å². The van der Waals surface area contributed by atoms with Crippen LogP contribution in [0.4, 0.5) is 0 Å². The zero-order chi connectivity index (χ0) is 19.0. The molecule has 28 heavy (non-hydrogen) atoms. The van der Waals surface area contributed by atoms with Crippen LogP contribution in [0, 0.1) is 0 Å². The lowest BCUT2D eigenvalue weighted by atomic mass is 9.73. The predicted molar refractivity (Wildman–Crippen MR) is 110 cm³/mol. The molecule has 0 spiro atoms. The van der Waals surface area contributed by atoms with Crippen LogP contribution in [0.2, 0.25) is 0 Å². The molecular weight excluding hydrogens is 378 g/mol. The van der Waals surface area contributed by atoms with Gasteiger partial charge in [-0.2, -0.15) is 0 Å².